The summed E-state index contributed by atoms with van der Waals surface area (Å²) in [4.78, 5) is 13.3. The summed E-state index contributed by atoms with van der Waals surface area (Å²) in [6.45, 7) is 12.0. The van der Waals surface area contributed by atoms with Crippen LogP contribution in [-0.2, 0) is 20.7 Å². The van der Waals surface area contributed by atoms with Crippen molar-refractivity contribution in [2.24, 2.45) is 11.3 Å². The Balaban J connectivity index is 1.63. The third-order valence-electron chi connectivity index (χ3n) is 5.65. The molecule has 2 aromatic rings. The monoisotopic (exact) mass is 542 g/mol. The predicted octanol–water partition coefficient (Wildman–Crippen LogP) is 8.10. The van der Waals surface area contributed by atoms with Gasteiger partial charge in [0.05, 0.1) is 18.6 Å². The molecule has 35 heavy (non-hydrogen) atoms. The highest BCUT2D eigenvalue weighted by molar-refractivity contribution is 7.99. The number of benzene rings is 1. The molecule has 0 aliphatic heterocycles. The summed E-state index contributed by atoms with van der Waals surface area (Å²) in [6.07, 6.45) is 3.35. The van der Waals surface area contributed by atoms with E-state index >= 15 is 0 Å². The number of hydrogen-bond donors (Lipinski definition) is 0. The van der Waals surface area contributed by atoms with Gasteiger partial charge in [0.25, 0.3) is 0 Å². The number of halogens is 1. The Labute approximate surface area is 223 Å². The SMILES string of the molecule is CCCc1c(F)c(=S)oc2ccc(SCCOCCSCCOC(=O)C(C)(C)CCC(C)C)cc12. The van der Waals surface area contributed by atoms with E-state index in [1.165, 1.54) is 0 Å². The number of ether oxygens (including phenoxy) is 2. The second kappa shape index (κ2) is 15.2. The van der Waals surface area contributed by atoms with Crippen LogP contribution < -0.4 is 0 Å². The van der Waals surface area contributed by atoms with Crippen molar-refractivity contribution in [3.63, 3.8) is 0 Å². The number of thioether (sulfide) groups is 2. The van der Waals surface area contributed by atoms with Gasteiger partial charge in [0, 0.05) is 33.1 Å². The molecule has 0 bridgehead atoms. The van der Waals surface area contributed by atoms with E-state index in [1.807, 2.05) is 39.0 Å². The van der Waals surface area contributed by atoms with Crippen LogP contribution in [0.1, 0.15) is 59.4 Å². The van der Waals surface area contributed by atoms with Gasteiger partial charge in [-0.25, -0.2) is 4.39 Å². The molecule has 196 valence electrons. The highest BCUT2D eigenvalue weighted by Crippen LogP contribution is 2.29. The summed E-state index contributed by atoms with van der Waals surface area (Å²) in [6, 6.07) is 5.82. The molecule has 4 nitrogen and oxygen atoms in total. The van der Waals surface area contributed by atoms with Crippen LogP contribution in [0.5, 0.6) is 0 Å². The Kier molecular flexibility index (Phi) is 13.1. The quantitative estimate of drug-likeness (QED) is 0.0919. The van der Waals surface area contributed by atoms with Gasteiger partial charge in [-0.05, 0) is 69.4 Å². The van der Waals surface area contributed by atoms with Crippen molar-refractivity contribution in [2.45, 2.75) is 65.2 Å². The molecule has 0 amide bonds. The van der Waals surface area contributed by atoms with Gasteiger partial charge in [-0.2, -0.15) is 11.8 Å². The zero-order valence-electron chi connectivity index (χ0n) is 21.6. The lowest BCUT2D eigenvalue weighted by molar-refractivity contribution is -0.153. The topological polar surface area (TPSA) is 48.7 Å². The van der Waals surface area contributed by atoms with Crippen LogP contribution in [0.2, 0.25) is 0 Å². The maximum Gasteiger partial charge on any atom is 0.311 e. The van der Waals surface area contributed by atoms with Crippen LogP contribution in [0, 0.1) is 21.9 Å². The first-order valence-electron chi connectivity index (χ1n) is 12.4. The predicted molar refractivity (Wildman–Crippen MR) is 149 cm³/mol. The molecule has 0 fully saturated rings. The van der Waals surface area contributed by atoms with E-state index in [4.69, 9.17) is 26.1 Å². The number of esters is 1. The third kappa shape index (κ3) is 10.1. The molecule has 0 atom stereocenters. The lowest BCUT2D eigenvalue weighted by Crippen LogP contribution is -2.27. The van der Waals surface area contributed by atoms with Crippen molar-refractivity contribution in [2.75, 3.05) is 37.1 Å². The number of aryl methyl sites for hydroxylation is 1. The van der Waals surface area contributed by atoms with E-state index in [-0.39, 0.29) is 10.7 Å². The number of hydrogen-bond acceptors (Lipinski definition) is 7. The molecule has 0 aliphatic carbocycles. The lowest BCUT2D eigenvalue weighted by atomic mass is 9.85. The summed E-state index contributed by atoms with van der Waals surface area (Å²) in [5, 5.41) is 0.796. The van der Waals surface area contributed by atoms with Crippen LogP contribution >= 0.6 is 35.7 Å². The summed E-state index contributed by atoms with van der Waals surface area (Å²) in [5.41, 5.74) is 0.844. The first kappa shape index (κ1) is 30.1. The molecule has 0 radical (unpaired) electrons. The Hall–Kier alpha value is -1.09. The number of rotatable bonds is 16. The molecular weight excluding hydrogens is 503 g/mol. The van der Waals surface area contributed by atoms with Gasteiger partial charge in [-0.3, -0.25) is 4.79 Å². The normalized spacial score (nSPS) is 12.0. The van der Waals surface area contributed by atoms with E-state index in [0.29, 0.717) is 43.3 Å². The van der Waals surface area contributed by atoms with E-state index in [0.717, 1.165) is 46.8 Å². The maximum atomic E-state index is 14.5. The van der Waals surface area contributed by atoms with Crippen molar-refractivity contribution >= 4 is 52.7 Å². The van der Waals surface area contributed by atoms with Crippen molar-refractivity contribution < 1.29 is 23.1 Å². The Morgan fingerprint density at radius 3 is 2.60 bits per heavy atom. The van der Waals surface area contributed by atoms with Crippen LogP contribution in [0.25, 0.3) is 11.0 Å². The average Bonchev–Trinajstić information content (AvgIpc) is 2.82. The van der Waals surface area contributed by atoms with Crippen molar-refractivity contribution in [1.82, 2.24) is 0 Å². The minimum absolute atomic E-state index is 0.0729. The first-order chi connectivity index (χ1) is 16.7. The fourth-order valence-corrected chi connectivity index (χ4v) is 5.14. The van der Waals surface area contributed by atoms with Gasteiger partial charge in [-0.1, -0.05) is 27.2 Å². The van der Waals surface area contributed by atoms with Crippen LogP contribution in [0.15, 0.2) is 27.5 Å². The minimum atomic E-state index is -0.421. The molecule has 1 aromatic heterocycles. The standard InChI is InChI=1S/C27H39FO4S3/c1-6-7-21-22-18-20(8-9-23(22)32-25(33)24(21)28)35-17-13-30-12-15-34-16-14-31-26(29)27(4,5)11-10-19(2)3/h8-9,18-19H,6-7,10-17H2,1-5H3. The van der Waals surface area contributed by atoms with E-state index in [1.54, 1.807) is 23.5 Å². The van der Waals surface area contributed by atoms with Gasteiger partial charge in [0.15, 0.2) is 5.82 Å². The van der Waals surface area contributed by atoms with Gasteiger partial charge in [-0.15, -0.1) is 11.8 Å². The maximum absolute atomic E-state index is 14.5. The second-order valence-corrected chi connectivity index (χ2v) is 12.4. The fraction of sp³-hybridized carbons (Fsp3) is 0.630. The molecule has 1 aromatic carbocycles. The van der Waals surface area contributed by atoms with Crippen molar-refractivity contribution in [3.8, 4) is 0 Å². The fourth-order valence-electron chi connectivity index (χ4n) is 3.48. The molecule has 0 spiro atoms. The largest absolute Gasteiger partial charge is 0.464 e. The molecule has 0 saturated heterocycles. The Morgan fingerprint density at radius 2 is 1.89 bits per heavy atom. The van der Waals surface area contributed by atoms with E-state index in [9.17, 15) is 9.18 Å². The Bertz CT molecular complexity index is 1000. The highest BCUT2D eigenvalue weighted by Gasteiger charge is 2.29. The Morgan fingerprint density at radius 1 is 1.17 bits per heavy atom. The summed E-state index contributed by atoms with van der Waals surface area (Å²) < 4.78 is 31.0. The molecule has 0 N–H and O–H groups in total. The second-order valence-electron chi connectivity index (χ2n) is 9.62. The first-order valence-corrected chi connectivity index (χ1v) is 14.9. The summed E-state index contributed by atoms with van der Waals surface area (Å²) >= 11 is 8.42. The van der Waals surface area contributed by atoms with Crippen LogP contribution in [0.3, 0.4) is 0 Å². The van der Waals surface area contributed by atoms with E-state index < -0.39 is 11.2 Å². The van der Waals surface area contributed by atoms with Crippen molar-refractivity contribution in [1.29, 1.82) is 0 Å². The molecule has 1 heterocycles. The smallest absolute Gasteiger partial charge is 0.311 e. The van der Waals surface area contributed by atoms with Gasteiger partial charge in [0.1, 0.15) is 12.2 Å². The molecule has 0 saturated carbocycles. The third-order valence-corrected chi connectivity index (χ3v) is 7.78. The van der Waals surface area contributed by atoms with Gasteiger partial charge in [0.2, 0.25) is 4.71 Å². The number of fused-ring (bicyclic) bond motifs is 1. The van der Waals surface area contributed by atoms with Crippen LogP contribution in [-0.4, -0.2) is 43.0 Å². The van der Waals surface area contributed by atoms with Gasteiger partial charge >= 0.3 is 5.97 Å². The summed E-state index contributed by atoms with van der Waals surface area (Å²) in [5.74, 6) is 2.50. The van der Waals surface area contributed by atoms with Crippen LogP contribution in [0.4, 0.5) is 4.39 Å². The number of carbonyl (C=O) groups excluding carboxylic acids is 1. The molecular formula is C27H39FO4S3. The molecule has 2 rings (SSSR count). The molecule has 0 unspecified atom stereocenters. The zero-order chi connectivity index (χ0) is 25.8. The molecule has 0 aliphatic rings. The van der Waals surface area contributed by atoms with Gasteiger partial charge < -0.3 is 13.9 Å². The highest BCUT2D eigenvalue weighted by atomic mass is 32.2. The zero-order valence-corrected chi connectivity index (χ0v) is 24.1. The minimum Gasteiger partial charge on any atom is -0.464 e. The average molecular weight is 543 g/mol. The lowest BCUT2D eigenvalue weighted by Gasteiger charge is -2.23. The van der Waals surface area contributed by atoms with E-state index in [2.05, 4.69) is 13.8 Å². The molecule has 8 heteroatoms. The summed E-state index contributed by atoms with van der Waals surface area (Å²) in [7, 11) is 0. The number of carbonyl (C=O) groups is 1. The van der Waals surface area contributed by atoms with Crippen molar-refractivity contribution in [3.05, 3.63) is 34.3 Å².